The molecule has 152 valence electrons. The lowest BCUT2D eigenvalue weighted by molar-refractivity contribution is 0.0730. The van der Waals surface area contributed by atoms with Gasteiger partial charge in [0, 0.05) is 25.2 Å². The molecule has 0 aliphatic carbocycles. The van der Waals surface area contributed by atoms with Gasteiger partial charge in [0.05, 0.1) is 36.3 Å². The molecule has 1 fully saturated rings. The van der Waals surface area contributed by atoms with Crippen molar-refractivity contribution in [1.82, 2.24) is 4.31 Å². The van der Waals surface area contributed by atoms with Crippen LogP contribution in [0.2, 0.25) is 0 Å². The standard InChI is InChI=1S/C20H20FN3O4S/c21-18-7-1-2-8-19(18)24(10-4-9-22)20(25)16-5-3-6-17(15-16)29(26,27)23-11-13-28-14-12-23/h1-3,5-8,15H,4,10-14H2. The number of ether oxygens (including phenoxy) is 1. The lowest BCUT2D eigenvalue weighted by Gasteiger charge is -2.26. The number of hydrogen-bond donors (Lipinski definition) is 0. The van der Waals surface area contributed by atoms with Gasteiger partial charge in [-0.2, -0.15) is 9.57 Å². The highest BCUT2D eigenvalue weighted by Gasteiger charge is 2.28. The molecule has 0 radical (unpaired) electrons. The minimum absolute atomic E-state index is 0.00580. The third-order valence-corrected chi connectivity index (χ3v) is 6.42. The number of nitrogens with zero attached hydrogens (tertiary/aromatic N) is 3. The molecule has 0 N–H and O–H groups in total. The van der Waals surface area contributed by atoms with E-state index in [0.717, 1.165) is 4.90 Å². The fourth-order valence-corrected chi connectivity index (χ4v) is 4.50. The highest BCUT2D eigenvalue weighted by molar-refractivity contribution is 7.89. The summed E-state index contributed by atoms with van der Waals surface area (Å²) in [6, 6.07) is 13.4. The van der Waals surface area contributed by atoms with E-state index in [1.807, 2.05) is 6.07 Å². The first-order valence-electron chi connectivity index (χ1n) is 9.06. The molecule has 29 heavy (non-hydrogen) atoms. The molecule has 2 aromatic carbocycles. The Hall–Kier alpha value is -2.80. The molecule has 1 heterocycles. The molecule has 0 bridgehead atoms. The Morgan fingerprint density at radius 1 is 1.17 bits per heavy atom. The average Bonchev–Trinajstić information content (AvgIpc) is 2.75. The molecule has 0 aromatic heterocycles. The molecule has 1 aliphatic rings. The highest BCUT2D eigenvalue weighted by Crippen LogP contribution is 2.24. The largest absolute Gasteiger partial charge is 0.379 e. The van der Waals surface area contributed by atoms with Crippen LogP contribution in [0.5, 0.6) is 0 Å². The number of benzene rings is 2. The van der Waals surface area contributed by atoms with Gasteiger partial charge in [0.1, 0.15) is 5.82 Å². The van der Waals surface area contributed by atoms with Crippen molar-refractivity contribution in [1.29, 1.82) is 5.26 Å². The predicted molar refractivity (Wildman–Crippen MR) is 104 cm³/mol. The normalized spacial score (nSPS) is 14.9. The number of para-hydroxylation sites is 1. The fourth-order valence-electron chi connectivity index (χ4n) is 3.05. The van der Waals surface area contributed by atoms with Crippen molar-refractivity contribution in [3.05, 3.63) is 59.9 Å². The summed E-state index contributed by atoms with van der Waals surface area (Å²) in [6.45, 7) is 1.09. The van der Waals surface area contributed by atoms with Gasteiger partial charge in [0.15, 0.2) is 0 Å². The lowest BCUT2D eigenvalue weighted by atomic mass is 10.1. The molecule has 0 spiro atoms. The molecule has 1 amide bonds. The monoisotopic (exact) mass is 417 g/mol. The van der Waals surface area contributed by atoms with Crippen LogP contribution in [0.1, 0.15) is 16.8 Å². The topological polar surface area (TPSA) is 90.7 Å². The molecular weight excluding hydrogens is 397 g/mol. The Kier molecular flexibility index (Phi) is 6.59. The number of amides is 1. The number of carbonyl (C=O) groups excluding carboxylic acids is 1. The van der Waals surface area contributed by atoms with Gasteiger partial charge in [-0.3, -0.25) is 4.79 Å². The Balaban J connectivity index is 1.94. The quantitative estimate of drug-likeness (QED) is 0.720. The number of anilines is 1. The number of sulfonamides is 1. The summed E-state index contributed by atoms with van der Waals surface area (Å²) in [7, 11) is -3.78. The number of carbonyl (C=O) groups is 1. The summed E-state index contributed by atoms with van der Waals surface area (Å²) < 4.78 is 46.5. The molecule has 0 saturated carbocycles. The predicted octanol–water partition coefficient (Wildman–Crippen LogP) is 2.41. The second kappa shape index (κ2) is 9.13. The summed E-state index contributed by atoms with van der Waals surface area (Å²) in [5.41, 5.74) is 0.134. The number of halogens is 1. The van der Waals surface area contributed by atoms with E-state index < -0.39 is 21.7 Å². The molecule has 3 rings (SSSR count). The molecule has 1 saturated heterocycles. The van der Waals surface area contributed by atoms with Gasteiger partial charge >= 0.3 is 0 Å². The summed E-state index contributed by atoms with van der Waals surface area (Å²) >= 11 is 0. The van der Waals surface area contributed by atoms with Gasteiger partial charge in [-0.1, -0.05) is 18.2 Å². The Morgan fingerprint density at radius 3 is 2.59 bits per heavy atom. The smallest absolute Gasteiger partial charge is 0.258 e. The molecule has 7 nitrogen and oxygen atoms in total. The van der Waals surface area contributed by atoms with E-state index in [0.29, 0.717) is 13.2 Å². The van der Waals surface area contributed by atoms with Crippen molar-refractivity contribution in [3.63, 3.8) is 0 Å². The number of morpholine rings is 1. The second-order valence-electron chi connectivity index (χ2n) is 6.36. The number of rotatable bonds is 6. The van der Waals surface area contributed by atoms with E-state index in [-0.39, 0.29) is 42.2 Å². The van der Waals surface area contributed by atoms with E-state index in [2.05, 4.69) is 0 Å². The van der Waals surface area contributed by atoms with Crippen LogP contribution in [0, 0.1) is 17.1 Å². The van der Waals surface area contributed by atoms with Gasteiger partial charge in [-0.25, -0.2) is 12.8 Å². The van der Waals surface area contributed by atoms with Gasteiger partial charge in [-0.15, -0.1) is 0 Å². The Bertz CT molecular complexity index is 1030. The van der Waals surface area contributed by atoms with Crippen LogP contribution in [0.15, 0.2) is 53.4 Å². The maximum atomic E-state index is 14.3. The van der Waals surface area contributed by atoms with Gasteiger partial charge < -0.3 is 9.64 Å². The van der Waals surface area contributed by atoms with E-state index in [1.54, 1.807) is 6.07 Å². The summed E-state index contributed by atoms with van der Waals surface area (Å²) in [5.74, 6) is -1.18. The maximum absolute atomic E-state index is 14.3. The van der Waals surface area contributed by atoms with E-state index in [4.69, 9.17) is 10.00 Å². The van der Waals surface area contributed by atoms with E-state index in [9.17, 15) is 17.6 Å². The van der Waals surface area contributed by atoms with Crippen molar-refractivity contribution in [2.24, 2.45) is 0 Å². The summed E-state index contributed by atoms with van der Waals surface area (Å²) in [6.07, 6.45) is 0.00580. The first-order valence-corrected chi connectivity index (χ1v) is 10.5. The minimum atomic E-state index is -3.78. The van der Waals surface area contributed by atoms with Crippen LogP contribution in [-0.2, 0) is 14.8 Å². The number of hydrogen-bond acceptors (Lipinski definition) is 5. The molecule has 0 unspecified atom stereocenters. The Morgan fingerprint density at radius 2 is 1.90 bits per heavy atom. The van der Waals surface area contributed by atoms with Crippen LogP contribution in [0.3, 0.4) is 0 Å². The maximum Gasteiger partial charge on any atom is 0.258 e. The van der Waals surface area contributed by atoms with Gasteiger partial charge in [0.2, 0.25) is 10.0 Å². The van der Waals surface area contributed by atoms with Gasteiger partial charge in [0.25, 0.3) is 5.91 Å². The molecule has 0 atom stereocenters. The van der Waals surface area contributed by atoms with Crippen molar-refractivity contribution in [2.75, 3.05) is 37.7 Å². The zero-order valence-electron chi connectivity index (χ0n) is 15.6. The first kappa shape index (κ1) is 20.9. The van der Waals surface area contributed by atoms with Crippen molar-refractivity contribution in [2.45, 2.75) is 11.3 Å². The molecular formula is C20H20FN3O4S. The third-order valence-electron chi connectivity index (χ3n) is 4.52. The fraction of sp³-hybridized carbons (Fsp3) is 0.300. The van der Waals surface area contributed by atoms with E-state index in [1.165, 1.54) is 46.8 Å². The lowest BCUT2D eigenvalue weighted by Crippen LogP contribution is -2.40. The van der Waals surface area contributed by atoms with Crippen LogP contribution >= 0.6 is 0 Å². The Labute approximate surface area is 169 Å². The van der Waals surface area contributed by atoms with Crippen LogP contribution in [0.4, 0.5) is 10.1 Å². The third kappa shape index (κ3) is 4.62. The molecule has 2 aromatic rings. The first-order chi connectivity index (χ1) is 13.9. The minimum Gasteiger partial charge on any atom is -0.379 e. The van der Waals surface area contributed by atoms with Crippen molar-refractivity contribution >= 4 is 21.6 Å². The summed E-state index contributed by atoms with van der Waals surface area (Å²) in [5, 5.41) is 8.90. The molecule has 9 heteroatoms. The van der Waals surface area contributed by atoms with E-state index >= 15 is 0 Å². The van der Waals surface area contributed by atoms with Crippen molar-refractivity contribution < 1.29 is 22.3 Å². The number of nitriles is 1. The average molecular weight is 417 g/mol. The molecule has 1 aliphatic heterocycles. The SMILES string of the molecule is N#CCCN(C(=O)c1cccc(S(=O)(=O)N2CCOCC2)c1)c1ccccc1F. The zero-order valence-corrected chi connectivity index (χ0v) is 16.4. The summed E-state index contributed by atoms with van der Waals surface area (Å²) in [4.78, 5) is 14.2. The van der Waals surface area contributed by atoms with Crippen LogP contribution in [-0.4, -0.2) is 51.5 Å². The second-order valence-corrected chi connectivity index (χ2v) is 8.30. The van der Waals surface area contributed by atoms with Crippen molar-refractivity contribution in [3.8, 4) is 6.07 Å². The highest BCUT2D eigenvalue weighted by atomic mass is 32.2. The zero-order chi connectivity index (χ0) is 20.9. The van der Waals surface area contributed by atoms with Gasteiger partial charge in [-0.05, 0) is 30.3 Å². The van der Waals surface area contributed by atoms with Crippen LogP contribution in [0.25, 0.3) is 0 Å². The van der Waals surface area contributed by atoms with Crippen LogP contribution < -0.4 is 4.90 Å².